The molecule has 144 valence electrons. The first kappa shape index (κ1) is 20.2. The molecule has 2 aliphatic rings. The fourth-order valence-electron chi connectivity index (χ4n) is 3.28. The Morgan fingerprint density at radius 3 is 2.52 bits per heavy atom. The van der Waals surface area contributed by atoms with Crippen molar-refractivity contribution < 1.29 is 44.5 Å². The first-order valence-corrected chi connectivity index (χ1v) is 8.26. The molecular weight excluding hydrogens is 336 g/mol. The Bertz CT molecular complexity index is 455. The molecule has 2 saturated heterocycles. The van der Waals surface area contributed by atoms with Gasteiger partial charge in [0.05, 0.1) is 32.3 Å². The normalized spacial score (nSPS) is 40.4. The SMILES string of the molecule is C=C[C@H](CO[C@@H]1O[C@H](CO)[C@@H](O)[C@H](O)[C@H]1O)[C@@H]1CCOC(=O)[C@H]1CO. The zero-order valence-corrected chi connectivity index (χ0v) is 13.8. The molecule has 0 radical (unpaired) electrons. The molecule has 2 fully saturated rings. The molecule has 0 spiro atoms. The number of carbonyl (C=O) groups excluding carboxylic acids is 1. The molecule has 25 heavy (non-hydrogen) atoms. The summed E-state index contributed by atoms with van der Waals surface area (Å²) in [7, 11) is 0. The van der Waals surface area contributed by atoms with E-state index in [9.17, 15) is 30.3 Å². The van der Waals surface area contributed by atoms with E-state index in [1.165, 1.54) is 0 Å². The van der Waals surface area contributed by atoms with E-state index in [4.69, 9.17) is 14.2 Å². The number of esters is 1. The molecule has 0 saturated carbocycles. The summed E-state index contributed by atoms with van der Waals surface area (Å²) < 4.78 is 15.7. The number of ether oxygens (including phenoxy) is 3. The van der Waals surface area contributed by atoms with Crippen LogP contribution in [0, 0.1) is 17.8 Å². The zero-order valence-electron chi connectivity index (χ0n) is 13.8. The van der Waals surface area contributed by atoms with E-state index in [2.05, 4.69) is 6.58 Å². The van der Waals surface area contributed by atoms with Crippen LogP contribution >= 0.6 is 0 Å². The van der Waals surface area contributed by atoms with E-state index in [1.54, 1.807) is 6.08 Å². The minimum absolute atomic E-state index is 0.0145. The third kappa shape index (κ3) is 4.37. The van der Waals surface area contributed by atoms with E-state index in [0.717, 1.165) is 0 Å². The summed E-state index contributed by atoms with van der Waals surface area (Å²) in [5.74, 6) is -1.72. The second-order valence-corrected chi connectivity index (χ2v) is 6.34. The highest BCUT2D eigenvalue weighted by molar-refractivity contribution is 5.73. The number of aliphatic hydroxyl groups excluding tert-OH is 5. The van der Waals surface area contributed by atoms with Gasteiger partial charge in [0.25, 0.3) is 0 Å². The van der Waals surface area contributed by atoms with Crippen LogP contribution in [-0.4, -0.2) is 88.6 Å². The molecule has 8 atom stereocenters. The van der Waals surface area contributed by atoms with Crippen LogP contribution in [-0.2, 0) is 19.0 Å². The highest BCUT2D eigenvalue weighted by Gasteiger charge is 2.45. The van der Waals surface area contributed by atoms with Crippen LogP contribution in [0.3, 0.4) is 0 Å². The minimum Gasteiger partial charge on any atom is -0.465 e. The van der Waals surface area contributed by atoms with Crippen molar-refractivity contribution in [2.75, 3.05) is 26.4 Å². The molecule has 0 aromatic carbocycles. The van der Waals surface area contributed by atoms with E-state index < -0.39 is 49.2 Å². The number of hydrogen-bond acceptors (Lipinski definition) is 9. The van der Waals surface area contributed by atoms with Crippen molar-refractivity contribution in [3.63, 3.8) is 0 Å². The third-order valence-corrected chi connectivity index (χ3v) is 4.87. The minimum atomic E-state index is -1.52. The van der Waals surface area contributed by atoms with Gasteiger partial charge in [-0.05, 0) is 12.3 Å². The Balaban J connectivity index is 1.99. The van der Waals surface area contributed by atoms with Crippen LogP contribution in [0.15, 0.2) is 12.7 Å². The lowest BCUT2D eigenvalue weighted by Gasteiger charge is -2.40. The summed E-state index contributed by atoms with van der Waals surface area (Å²) in [6.07, 6.45) is -4.65. The number of hydrogen-bond donors (Lipinski definition) is 5. The highest BCUT2D eigenvalue weighted by atomic mass is 16.7. The van der Waals surface area contributed by atoms with Crippen LogP contribution < -0.4 is 0 Å². The lowest BCUT2D eigenvalue weighted by molar-refractivity contribution is -0.303. The summed E-state index contributed by atoms with van der Waals surface area (Å²) in [4.78, 5) is 11.8. The van der Waals surface area contributed by atoms with Gasteiger partial charge >= 0.3 is 5.97 Å². The van der Waals surface area contributed by atoms with E-state index in [0.29, 0.717) is 6.42 Å². The topological polar surface area (TPSA) is 146 Å². The fraction of sp³-hybridized carbons (Fsp3) is 0.812. The maximum atomic E-state index is 11.8. The Morgan fingerprint density at radius 1 is 1.20 bits per heavy atom. The van der Waals surface area contributed by atoms with Crippen molar-refractivity contribution in [3.8, 4) is 0 Å². The Morgan fingerprint density at radius 2 is 1.92 bits per heavy atom. The van der Waals surface area contributed by atoms with Gasteiger partial charge < -0.3 is 39.7 Å². The second kappa shape index (κ2) is 9.04. The van der Waals surface area contributed by atoms with E-state index in [-0.39, 0.29) is 31.7 Å². The molecule has 0 aromatic heterocycles. The Kier molecular flexibility index (Phi) is 7.32. The van der Waals surface area contributed by atoms with Crippen molar-refractivity contribution in [3.05, 3.63) is 12.7 Å². The molecule has 0 amide bonds. The van der Waals surface area contributed by atoms with Gasteiger partial charge in [-0.15, -0.1) is 6.58 Å². The van der Waals surface area contributed by atoms with Gasteiger partial charge in [-0.2, -0.15) is 0 Å². The smallest absolute Gasteiger partial charge is 0.311 e. The summed E-state index contributed by atoms with van der Waals surface area (Å²) in [6, 6.07) is 0. The highest BCUT2D eigenvalue weighted by Crippen LogP contribution is 2.32. The number of cyclic esters (lactones) is 1. The van der Waals surface area contributed by atoms with Gasteiger partial charge in [-0.1, -0.05) is 6.08 Å². The monoisotopic (exact) mass is 362 g/mol. The van der Waals surface area contributed by atoms with E-state index in [1.807, 2.05) is 0 Å². The number of carbonyl (C=O) groups is 1. The summed E-state index contributed by atoms with van der Waals surface area (Å²) in [6.45, 7) is 3.08. The van der Waals surface area contributed by atoms with Gasteiger partial charge in [-0.25, -0.2) is 0 Å². The predicted octanol–water partition coefficient (Wildman–Crippen LogP) is -2.22. The van der Waals surface area contributed by atoms with Crippen molar-refractivity contribution in [1.29, 1.82) is 0 Å². The lowest BCUT2D eigenvalue weighted by Crippen LogP contribution is -2.59. The molecular formula is C16H26O9. The summed E-state index contributed by atoms with van der Waals surface area (Å²) in [5.41, 5.74) is 0. The molecule has 2 rings (SSSR count). The maximum Gasteiger partial charge on any atom is 0.311 e. The molecule has 0 aromatic rings. The first-order valence-electron chi connectivity index (χ1n) is 8.26. The van der Waals surface area contributed by atoms with Crippen LogP contribution in [0.1, 0.15) is 6.42 Å². The zero-order chi connectivity index (χ0) is 18.6. The van der Waals surface area contributed by atoms with Crippen molar-refractivity contribution in [2.24, 2.45) is 17.8 Å². The van der Waals surface area contributed by atoms with Gasteiger partial charge in [0.15, 0.2) is 6.29 Å². The lowest BCUT2D eigenvalue weighted by atomic mass is 9.78. The van der Waals surface area contributed by atoms with E-state index >= 15 is 0 Å². The second-order valence-electron chi connectivity index (χ2n) is 6.34. The van der Waals surface area contributed by atoms with Crippen LogP contribution in [0.25, 0.3) is 0 Å². The number of aliphatic hydroxyl groups is 5. The van der Waals surface area contributed by atoms with Crippen LogP contribution in [0.5, 0.6) is 0 Å². The quantitative estimate of drug-likeness (QED) is 0.251. The molecule has 5 N–H and O–H groups in total. The van der Waals surface area contributed by atoms with Gasteiger partial charge in [0.2, 0.25) is 0 Å². The fourth-order valence-corrected chi connectivity index (χ4v) is 3.28. The average Bonchev–Trinajstić information content (AvgIpc) is 2.62. The van der Waals surface area contributed by atoms with Crippen molar-refractivity contribution >= 4 is 5.97 Å². The van der Waals surface area contributed by atoms with Crippen molar-refractivity contribution in [2.45, 2.75) is 37.1 Å². The molecule has 0 aliphatic carbocycles. The van der Waals surface area contributed by atoms with Crippen LogP contribution in [0.4, 0.5) is 0 Å². The van der Waals surface area contributed by atoms with Crippen molar-refractivity contribution in [1.82, 2.24) is 0 Å². The molecule has 2 aliphatic heterocycles. The summed E-state index contributed by atoms with van der Waals surface area (Å²) in [5, 5.41) is 48.1. The Hall–Kier alpha value is -1.07. The predicted molar refractivity (Wildman–Crippen MR) is 83.0 cm³/mol. The average molecular weight is 362 g/mol. The molecule has 2 heterocycles. The maximum absolute atomic E-state index is 11.8. The number of rotatable bonds is 7. The van der Waals surface area contributed by atoms with Gasteiger partial charge in [0, 0.05) is 5.92 Å². The standard InChI is InChI=1S/C16H26O9/c1-2-8(9-3-4-23-15(22)10(9)5-17)7-24-16-14(21)13(20)12(19)11(6-18)25-16/h2,8-14,16-21H,1,3-7H2/t8-,9+,10+,11-,12-,13+,14-,16-/m1/s1. The third-order valence-electron chi connectivity index (χ3n) is 4.87. The molecule has 0 unspecified atom stereocenters. The van der Waals surface area contributed by atoms with Gasteiger partial charge in [0.1, 0.15) is 24.4 Å². The summed E-state index contributed by atoms with van der Waals surface area (Å²) >= 11 is 0. The largest absolute Gasteiger partial charge is 0.465 e. The molecule has 9 nitrogen and oxygen atoms in total. The van der Waals surface area contributed by atoms with Gasteiger partial charge in [-0.3, -0.25) is 4.79 Å². The molecule has 0 bridgehead atoms. The first-order chi connectivity index (χ1) is 11.9. The Labute approximate surface area is 145 Å². The van der Waals surface area contributed by atoms with Crippen LogP contribution in [0.2, 0.25) is 0 Å². The molecule has 9 heteroatoms.